The summed E-state index contributed by atoms with van der Waals surface area (Å²) in [6, 6.07) is 15.8. The topological polar surface area (TPSA) is 47.4 Å². The van der Waals surface area contributed by atoms with E-state index in [0.29, 0.717) is 19.7 Å². The average molecular weight is 361 g/mol. The van der Waals surface area contributed by atoms with Gasteiger partial charge in [0, 0.05) is 36.4 Å². The van der Waals surface area contributed by atoms with Crippen LogP contribution < -0.4 is 0 Å². The number of benzene rings is 1. The molecule has 138 valence electrons. The standard InChI is InChI=1S/C22H23N3O2/c1-17-4-2-5-19(12-17)22(26)25-13-20-6-3-11-24(20)14-21(15-25)27-16-18-7-9-23-10-8-18/h2-12,21H,13-16H2,1H3/t21-/m0/s1. The van der Waals surface area contributed by atoms with Crippen LogP contribution in [0.25, 0.3) is 0 Å². The summed E-state index contributed by atoms with van der Waals surface area (Å²) in [6.45, 7) is 4.42. The normalized spacial score (nSPS) is 16.6. The Morgan fingerprint density at radius 3 is 2.81 bits per heavy atom. The molecule has 0 aliphatic carbocycles. The monoisotopic (exact) mass is 361 g/mol. The van der Waals surface area contributed by atoms with Gasteiger partial charge in [-0.25, -0.2) is 0 Å². The Morgan fingerprint density at radius 1 is 1.15 bits per heavy atom. The smallest absolute Gasteiger partial charge is 0.254 e. The molecule has 5 heteroatoms. The first-order valence-corrected chi connectivity index (χ1v) is 9.19. The number of nitrogens with zero attached hydrogens (tertiary/aromatic N) is 3. The van der Waals surface area contributed by atoms with Gasteiger partial charge in [-0.05, 0) is 48.9 Å². The fraction of sp³-hybridized carbons (Fsp3) is 0.273. The maximum absolute atomic E-state index is 13.1. The number of aryl methyl sites for hydroxylation is 1. The lowest BCUT2D eigenvalue weighted by molar-refractivity contribution is 0.0105. The van der Waals surface area contributed by atoms with E-state index in [1.807, 2.05) is 54.3 Å². The molecule has 1 amide bonds. The van der Waals surface area contributed by atoms with Crippen LogP contribution in [0.3, 0.4) is 0 Å². The number of hydrogen-bond acceptors (Lipinski definition) is 3. The summed E-state index contributed by atoms with van der Waals surface area (Å²) in [5, 5.41) is 0. The third kappa shape index (κ3) is 4.09. The van der Waals surface area contributed by atoms with Gasteiger partial charge < -0.3 is 14.2 Å². The first kappa shape index (κ1) is 17.5. The second kappa shape index (κ2) is 7.76. The number of aromatic nitrogens is 2. The molecule has 27 heavy (non-hydrogen) atoms. The second-order valence-electron chi connectivity index (χ2n) is 7.00. The van der Waals surface area contributed by atoms with Crippen molar-refractivity contribution in [1.82, 2.24) is 14.5 Å². The summed E-state index contributed by atoms with van der Waals surface area (Å²) >= 11 is 0. The Bertz CT molecular complexity index is 920. The van der Waals surface area contributed by atoms with Crippen LogP contribution >= 0.6 is 0 Å². The third-order valence-corrected chi connectivity index (χ3v) is 4.89. The maximum Gasteiger partial charge on any atom is 0.254 e. The molecular weight excluding hydrogens is 338 g/mol. The number of hydrogen-bond donors (Lipinski definition) is 0. The molecule has 1 aliphatic rings. The zero-order chi connectivity index (χ0) is 18.6. The number of fused-ring (bicyclic) bond motifs is 1. The molecule has 0 N–H and O–H groups in total. The Labute approximate surface area is 159 Å². The minimum absolute atomic E-state index is 0.0471. The molecule has 3 aromatic rings. The van der Waals surface area contributed by atoms with Gasteiger partial charge in [-0.2, -0.15) is 0 Å². The molecule has 2 aromatic heterocycles. The quantitative estimate of drug-likeness (QED) is 0.715. The molecule has 5 nitrogen and oxygen atoms in total. The van der Waals surface area contributed by atoms with Crippen LogP contribution in [-0.4, -0.2) is 33.0 Å². The molecule has 0 radical (unpaired) electrons. The van der Waals surface area contributed by atoms with E-state index in [1.54, 1.807) is 12.4 Å². The molecule has 0 fully saturated rings. The third-order valence-electron chi connectivity index (χ3n) is 4.89. The van der Waals surface area contributed by atoms with Gasteiger partial charge in [-0.3, -0.25) is 9.78 Å². The van der Waals surface area contributed by atoms with Crippen LogP contribution in [0, 0.1) is 6.92 Å². The lowest BCUT2D eigenvalue weighted by atomic mass is 10.1. The van der Waals surface area contributed by atoms with E-state index in [4.69, 9.17) is 4.74 Å². The highest BCUT2D eigenvalue weighted by atomic mass is 16.5. The molecule has 3 heterocycles. The summed E-state index contributed by atoms with van der Waals surface area (Å²) in [4.78, 5) is 19.0. The van der Waals surface area contributed by atoms with Crippen LogP contribution in [0.1, 0.15) is 27.2 Å². The van der Waals surface area contributed by atoms with E-state index >= 15 is 0 Å². The molecule has 0 saturated heterocycles. The summed E-state index contributed by atoms with van der Waals surface area (Å²) in [6.07, 6.45) is 5.52. The Morgan fingerprint density at radius 2 is 2.00 bits per heavy atom. The van der Waals surface area contributed by atoms with E-state index in [-0.39, 0.29) is 12.0 Å². The van der Waals surface area contributed by atoms with Crippen LogP contribution in [-0.2, 0) is 24.4 Å². The van der Waals surface area contributed by atoms with Gasteiger partial charge in [-0.15, -0.1) is 0 Å². The molecule has 1 aliphatic heterocycles. The SMILES string of the molecule is Cc1cccc(C(=O)N2Cc3cccn3C[C@H](OCc3ccncc3)C2)c1. The van der Waals surface area contributed by atoms with E-state index in [2.05, 4.69) is 21.8 Å². The van der Waals surface area contributed by atoms with E-state index in [1.165, 1.54) is 0 Å². The fourth-order valence-electron chi connectivity index (χ4n) is 3.47. The number of carbonyl (C=O) groups is 1. The first-order valence-electron chi connectivity index (χ1n) is 9.19. The van der Waals surface area contributed by atoms with Crippen molar-refractivity contribution < 1.29 is 9.53 Å². The summed E-state index contributed by atoms with van der Waals surface area (Å²) in [7, 11) is 0. The number of rotatable bonds is 4. The van der Waals surface area contributed by atoms with E-state index in [9.17, 15) is 4.79 Å². The zero-order valence-corrected chi connectivity index (χ0v) is 15.4. The highest BCUT2D eigenvalue weighted by Gasteiger charge is 2.26. The number of pyridine rings is 1. The van der Waals surface area contributed by atoms with Crippen molar-refractivity contribution in [1.29, 1.82) is 0 Å². The van der Waals surface area contributed by atoms with Gasteiger partial charge in [0.2, 0.25) is 0 Å². The molecular formula is C22H23N3O2. The van der Waals surface area contributed by atoms with Gasteiger partial charge in [-0.1, -0.05) is 17.7 Å². The van der Waals surface area contributed by atoms with Crippen molar-refractivity contribution in [3.05, 3.63) is 89.5 Å². The molecule has 0 saturated carbocycles. The highest BCUT2D eigenvalue weighted by molar-refractivity contribution is 5.94. The fourth-order valence-corrected chi connectivity index (χ4v) is 3.47. The minimum Gasteiger partial charge on any atom is -0.370 e. The molecule has 1 aromatic carbocycles. The number of amides is 1. The van der Waals surface area contributed by atoms with Crippen molar-refractivity contribution in [2.24, 2.45) is 0 Å². The van der Waals surface area contributed by atoms with Crippen LogP contribution in [0.4, 0.5) is 0 Å². The number of ether oxygens (including phenoxy) is 1. The average Bonchev–Trinajstić information content (AvgIpc) is 3.04. The maximum atomic E-state index is 13.1. The Hall–Kier alpha value is -2.92. The van der Waals surface area contributed by atoms with Crippen LogP contribution in [0.5, 0.6) is 0 Å². The summed E-state index contributed by atoms with van der Waals surface area (Å²) < 4.78 is 8.35. The van der Waals surface area contributed by atoms with Crippen molar-refractivity contribution in [2.45, 2.75) is 32.7 Å². The molecule has 0 spiro atoms. The molecule has 4 rings (SSSR count). The molecule has 0 unspecified atom stereocenters. The van der Waals surface area contributed by atoms with E-state index in [0.717, 1.165) is 28.9 Å². The Kier molecular flexibility index (Phi) is 5.03. The van der Waals surface area contributed by atoms with Crippen LogP contribution in [0.2, 0.25) is 0 Å². The van der Waals surface area contributed by atoms with Gasteiger partial charge in [0.1, 0.15) is 0 Å². The van der Waals surface area contributed by atoms with Crippen molar-refractivity contribution >= 4 is 5.91 Å². The zero-order valence-electron chi connectivity index (χ0n) is 15.4. The summed E-state index contributed by atoms with van der Waals surface area (Å²) in [5.74, 6) is 0.0471. The van der Waals surface area contributed by atoms with Gasteiger partial charge >= 0.3 is 0 Å². The van der Waals surface area contributed by atoms with Crippen LogP contribution in [0.15, 0.2) is 67.1 Å². The summed E-state index contributed by atoms with van der Waals surface area (Å²) in [5.41, 5.74) is 4.02. The van der Waals surface area contributed by atoms with Gasteiger partial charge in [0.25, 0.3) is 5.91 Å². The first-order chi connectivity index (χ1) is 13.2. The largest absolute Gasteiger partial charge is 0.370 e. The highest BCUT2D eigenvalue weighted by Crippen LogP contribution is 2.19. The predicted octanol–water partition coefficient (Wildman–Crippen LogP) is 3.43. The molecule has 0 bridgehead atoms. The second-order valence-corrected chi connectivity index (χ2v) is 7.00. The lowest BCUT2D eigenvalue weighted by Gasteiger charge is -2.24. The van der Waals surface area contributed by atoms with Crippen molar-refractivity contribution in [3.63, 3.8) is 0 Å². The minimum atomic E-state index is -0.0689. The molecule has 1 atom stereocenters. The van der Waals surface area contributed by atoms with Gasteiger partial charge in [0.05, 0.1) is 25.8 Å². The predicted molar refractivity (Wildman–Crippen MR) is 103 cm³/mol. The van der Waals surface area contributed by atoms with Crippen molar-refractivity contribution in [3.8, 4) is 0 Å². The lowest BCUT2D eigenvalue weighted by Crippen LogP contribution is -2.37. The van der Waals surface area contributed by atoms with E-state index < -0.39 is 0 Å². The number of carbonyl (C=O) groups excluding carboxylic acids is 1. The van der Waals surface area contributed by atoms with Crippen molar-refractivity contribution in [2.75, 3.05) is 6.54 Å². The Balaban J connectivity index is 1.54. The van der Waals surface area contributed by atoms with Gasteiger partial charge in [0.15, 0.2) is 0 Å².